The minimum atomic E-state index is -4.54. The molecule has 0 aromatic heterocycles. The number of rotatable bonds is 7. The van der Waals surface area contributed by atoms with E-state index in [-0.39, 0.29) is 12.2 Å². The van der Waals surface area contributed by atoms with Crippen molar-refractivity contribution in [3.05, 3.63) is 93.0 Å². The number of hydrazone groups is 1. The van der Waals surface area contributed by atoms with Crippen molar-refractivity contribution in [2.45, 2.75) is 12.8 Å². The first kappa shape index (κ1) is 24.4. The van der Waals surface area contributed by atoms with Gasteiger partial charge in [-0.05, 0) is 59.7 Å². The van der Waals surface area contributed by atoms with E-state index in [1.54, 1.807) is 36.4 Å². The molecule has 1 N–H and O–H groups in total. The second-order valence-electron chi connectivity index (χ2n) is 6.73. The van der Waals surface area contributed by atoms with Crippen LogP contribution in [0, 0.1) is 0 Å². The normalized spacial score (nSPS) is 11.5. The van der Waals surface area contributed by atoms with Crippen LogP contribution >= 0.6 is 23.2 Å². The lowest BCUT2D eigenvalue weighted by Crippen LogP contribution is -2.18. The number of hydrogen-bond donors (Lipinski definition) is 1. The fraction of sp³-hybridized carbons (Fsp3) is 0.130. The summed E-state index contributed by atoms with van der Waals surface area (Å²) in [6.07, 6.45) is -3.21. The Balaban J connectivity index is 1.64. The number of halogens is 5. The van der Waals surface area contributed by atoms with Crippen LogP contribution in [0.15, 0.2) is 65.8 Å². The molecule has 0 bridgehead atoms. The summed E-state index contributed by atoms with van der Waals surface area (Å²) in [7, 11) is 1.47. The Morgan fingerprint density at radius 2 is 1.82 bits per heavy atom. The largest absolute Gasteiger partial charge is 0.493 e. The van der Waals surface area contributed by atoms with Crippen molar-refractivity contribution >= 4 is 35.3 Å². The van der Waals surface area contributed by atoms with Crippen LogP contribution < -0.4 is 14.9 Å². The zero-order valence-corrected chi connectivity index (χ0v) is 18.6. The summed E-state index contributed by atoms with van der Waals surface area (Å²) in [5, 5.41) is 4.66. The van der Waals surface area contributed by atoms with E-state index in [0.29, 0.717) is 27.1 Å². The molecule has 0 saturated heterocycles. The molecule has 3 aromatic rings. The third kappa shape index (κ3) is 6.63. The first-order valence-electron chi connectivity index (χ1n) is 9.43. The standard InChI is InChI=1S/C23H17Cl2F3N2O3/c1-32-21-10-14(6-8-20(21)33-13-15-5-7-18(24)19(25)9-15)12-29-30-22(31)16-3-2-4-17(11-16)23(26,27)28/h2-12H,13H2,1H3,(H,30,31)/b29-12-. The Kier molecular flexibility index (Phi) is 7.84. The maximum Gasteiger partial charge on any atom is 0.416 e. The number of nitrogens with zero attached hydrogens (tertiary/aromatic N) is 1. The lowest BCUT2D eigenvalue weighted by Gasteiger charge is -2.12. The van der Waals surface area contributed by atoms with Crippen LogP contribution in [0.5, 0.6) is 11.5 Å². The molecule has 172 valence electrons. The van der Waals surface area contributed by atoms with Gasteiger partial charge in [0.2, 0.25) is 0 Å². The molecule has 0 fully saturated rings. The van der Waals surface area contributed by atoms with Gasteiger partial charge in [-0.25, -0.2) is 5.43 Å². The number of amides is 1. The molecule has 33 heavy (non-hydrogen) atoms. The van der Waals surface area contributed by atoms with Gasteiger partial charge in [0.05, 0.1) is 28.9 Å². The molecule has 0 heterocycles. The number of hydrogen-bond acceptors (Lipinski definition) is 4. The van der Waals surface area contributed by atoms with Crippen LogP contribution in [-0.2, 0) is 12.8 Å². The summed E-state index contributed by atoms with van der Waals surface area (Å²) >= 11 is 11.9. The van der Waals surface area contributed by atoms with Crippen LogP contribution in [0.4, 0.5) is 13.2 Å². The topological polar surface area (TPSA) is 59.9 Å². The molecule has 0 spiro atoms. The maximum atomic E-state index is 12.8. The molecule has 0 aliphatic rings. The van der Waals surface area contributed by atoms with E-state index in [1.165, 1.54) is 19.4 Å². The quantitative estimate of drug-likeness (QED) is 0.305. The highest BCUT2D eigenvalue weighted by molar-refractivity contribution is 6.42. The van der Waals surface area contributed by atoms with Gasteiger partial charge < -0.3 is 9.47 Å². The summed E-state index contributed by atoms with van der Waals surface area (Å²) < 4.78 is 49.5. The van der Waals surface area contributed by atoms with Gasteiger partial charge in [0.25, 0.3) is 5.91 Å². The molecule has 5 nitrogen and oxygen atoms in total. The van der Waals surface area contributed by atoms with Gasteiger partial charge in [-0.3, -0.25) is 4.79 Å². The number of carbonyl (C=O) groups excluding carboxylic acids is 1. The third-order valence-electron chi connectivity index (χ3n) is 4.40. The lowest BCUT2D eigenvalue weighted by atomic mass is 10.1. The minimum Gasteiger partial charge on any atom is -0.493 e. The van der Waals surface area contributed by atoms with Crippen molar-refractivity contribution < 1.29 is 27.4 Å². The zero-order chi connectivity index (χ0) is 24.0. The number of benzene rings is 3. The van der Waals surface area contributed by atoms with E-state index in [0.717, 1.165) is 23.8 Å². The second-order valence-corrected chi connectivity index (χ2v) is 7.54. The zero-order valence-electron chi connectivity index (χ0n) is 17.1. The summed E-state index contributed by atoms with van der Waals surface area (Å²) in [5.74, 6) is 0.114. The molecular formula is C23H17Cl2F3N2O3. The van der Waals surface area contributed by atoms with E-state index in [4.69, 9.17) is 32.7 Å². The summed E-state index contributed by atoms with van der Waals surface area (Å²) in [6.45, 7) is 0.230. The van der Waals surface area contributed by atoms with E-state index in [2.05, 4.69) is 10.5 Å². The van der Waals surface area contributed by atoms with Crippen molar-refractivity contribution in [3.8, 4) is 11.5 Å². The Hall–Kier alpha value is -3.23. The summed E-state index contributed by atoms with van der Waals surface area (Å²) in [6, 6.07) is 14.2. The lowest BCUT2D eigenvalue weighted by molar-refractivity contribution is -0.137. The van der Waals surface area contributed by atoms with Crippen molar-refractivity contribution in [1.82, 2.24) is 5.43 Å². The average Bonchev–Trinajstić information content (AvgIpc) is 2.79. The van der Waals surface area contributed by atoms with Crippen LogP contribution in [0.2, 0.25) is 10.0 Å². The smallest absolute Gasteiger partial charge is 0.416 e. The number of ether oxygens (including phenoxy) is 2. The van der Waals surface area contributed by atoms with Gasteiger partial charge in [-0.15, -0.1) is 0 Å². The van der Waals surface area contributed by atoms with Crippen molar-refractivity contribution in [1.29, 1.82) is 0 Å². The van der Waals surface area contributed by atoms with E-state index >= 15 is 0 Å². The van der Waals surface area contributed by atoms with Gasteiger partial charge in [0.1, 0.15) is 6.61 Å². The first-order chi connectivity index (χ1) is 15.7. The first-order valence-corrected chi connectivity index (χ1v) is 10.2. The Morgan fingerprint density at radius 3 is 2.52 bits per heavy atom. The highest BCUT2D eigenvalue weighted by Gasteiger charge is 2.30. The van der Waals surface area contributed by atoms with Gasteiger partial charge in [-0.2, -0.15) is 18.3 Å². The van der Waals surface area contributed by atoms with Crippen LogP contribution in [0.3, 0.4) is 0 Å². The Morgan fingerprint density at radius 1 is 1.03 bits per heavy atom. The maximum absolute atomic E-state index is 12.8. The molecule has 0 aliphatic carbocycles. The van der Waals surface area contributed by atoms with Gasteiger partial charge in [-0.1, -0.05) is 35.3 Å². The minimum absolute atomic E-state index is 0.161. The molecule has 0 saturated carbocycles. The van der Waals surface area contributed by atoms with Crippen molar-refractivity contribution in [2.24, 2.45) is 5.10 Å². The molecule has 3 rings (SSSR count). The number of alkyl halides is 3. The molecule has 3 aromatic carbocycles. The summed E-state index contributed by atoms with van der Waals surface area (Å²) in [5.41, 5.74) is 2.51. The predicted octanol–water partition coefficient (Wildman–Crippen LogP) is 6.36. The molecule has 1 amide bonds. The highest BCUT2D eigenvalue weighted by atomic mass is 35.5. The average molecular weight is 497 g/mol. The molecular weight excluding hydrogens is 480 g/mol. The molecule has 10 heteroatoms. The fourth-order valence-corrected chi connectivity index (χ4v) is 3.06. The monoisotopic (exact) mass is 496 g/mol. The van der Waals surface area contributed by atoms with Gasteiger partial charge in [0.15, 0.2) is 11.5 Å². The Labute approximate surface area is 197 Å². The van der Waals surface area contributed by atoms with Crippen LogP contribution in [-0.4, -0.2) is 19.2 Å². The Bertz CT molecular complexity index is 1180. The highest BCUT2D eigenvalue weighted by Crippen LogP contribution is 2.30. The number of carbonyl (C=O) groups is 1. The number of methoxy groups -OCH3 is 1. The molecule has 0 aliphatic heterocycles. The number of nitrogens with one attached hydrogen (secondary N) is 1. The molecule has 0 radical (unpaired) electrons. The SMILES string of the molecule is COc1cc(/C=N\NC(=O)c2cccc(C(F)(F)F)c2)ccc1OCc1ccc(Cl)c(Cl)c1. The van der Waals surface area contributed by atoms with Crippen LogP contribution in [0.25, 0.3) is 0 Å². The van der Waals surface area contributed by atoms with E-state index in [9.17, 15) is 18.0 Å². The van der Waals surface area contributed by atoms with Crippen molar-refractivity contribution in [3.63, 3.8) is 0 Å². The molecule has 0 atom stereocenters. The predicted molar refractivity (Wildman–Crippen MR) is 120 cm³/mol. The third-order valence-corrected chi connectivity index (χ3v) is 5.14. The van der Waals surface area contributed by atoms with E-state index in [1.807, 2.05) is 0 Å². The van der Waals surface area contributed by atoms with Crippen molar-refractivity contribution in [2.75, 3.05) is 7.11 Å². The van der Waals surface area contributed by atoms with Gasteiger partial charge >= 0.3 is 6.18 Å². The fourth-order valence-electron chi connectivity index (χ4n) is 2.74. The van der Waals surface area contributed by atoms with Gasteiger partial charge in [0, 0.05) is 5.56 Å². The molecule has 0 unspecified atom stereocenters. The van der Waals surface area contributed by atoms with E-state index < -0.39 is 17.6 Å². The summed E-state index contributed by atoms with van der Waals surface area (Å²) in [4.78, 5) is 12.1. The second kappa shape index (κ2) is 10.6. The van der Waals surface area contributed by atoms with Crippen LogP contribution in [0.1, 0.15) is 27.0 Å².